The Kier molecular flexibility index (Phi) is 2.46. The Hall–Kier alpha value is -0.610. The van der Waals surface area contributed by atoms with Crippen LogP contribution in [-0.4, -0.2) is 43.2 Å². The Labute approximate surface area is 66.3 Å². The third kappa shape index (κ3) is 1.70. The van der Waals surface area contributed by atoms with Crippen LogP contribution in [0.3, 0.4) is 0 Å². The van der Waals surface area contributed by atoms with E-state index in [0.717, 1.165) is 0 Å². The highest BCUT2D eigenvalue weighted by Gasteiger charge is 2.30. The van der Waals surface area contributed by atoms with Crippen molar-refractivity contribution in [3.05, 3.63) is 0 Å². The Bertz CT molecular complexity index is 155. The van der Waals surface area contributed by atoms with Gasteiger partial charge < -0.3 is 15.4 Å². The molecule has 0 aromatic carbocycles. The van der Waals surface area contributed by atoms with E-state index in [9.17, 15) is 4.79 Å². The average molecular weight is 158 g/mol. The third-order valence-electron chi connectivity index (χ3n) is 1.92. The molecule has 0 radical (unpaired) electrons. The number of methoxy groups -OCH3 is 1. The van der Waals surface area contributed by atoms with Crippen LogP contribution in [-0.2, 0) is 9.53 Å². The van der Waals surface area contributed by atoms with Gasteiger partial charge in [0.05, 0.1) is 0 Å². The van der Waals surface area contributed by atoms with Gasteiger partial charge in [-0.2, -0.15) is 0 Å². The number of hydrogen-bond acceptors (Lipinski definition) is 3. The lowest BCUT2D eigenvalue weighted by Gasteiger charge is -2.38. The maximum Gasteiger partial charge on any atom is 0.251 e. The first kappa shape index (κ1) is 8.49. The SMILES string of the molecule is COC(C)C(=O)N1CC(N)C1. The Morgan fingerprint density at radius 3 is 2.64 bits per heavy atom. The number of carbonyl (C=O) groups excluding carboxylic acids is 1. The van der Waals surface area contributed by atoms with Crippen LogP contribution < -0.4 is 5.73 Å². The predicted octanol–water partition coefficient (Wildman–Crippen LogP) is -0.809. The number of nitrogens with two attached hydrogens (primary N) is 1. The molecule has 0 aromatic heterocycles. The molecular formula is C7H14N2O2. The minimum absolute atomic E-state index is 0.0363. The predicted molar refractivity (Wildman–Crippen MR) is 41.0 cm³/mol. The largest absolute Gasteiger partial charge is 0.372 e. The molecule has 1 aliphatic rings. The van der Waals surface area contributed by atoms with Gasteiger partial charge in [-0.05, 0) is 6.92 Å². The third-order valence-corrected chi connectivity index (χ3v) is 1.92. The molecule has 1 amide bonds. The van der Waals surface area contributed by atoms with E-state index in [2.05, 4.69) is 0 Å². The fraction of sp³-hybridized carbons (Fsp3) is 0.857. The number of ether oxygens (including phenoxy) is 1. The molecule has 0 spiro atoms. The molecule has 11 heavy (non-hydrogen) atoms. The van der Waals surface area contributed by atoms with Gasteiger partial charge in [0.1, 0.15) is 6.10 Å². The number of rotatable bonds is 2. The van der Waals surface area contributed by atoms with Crippen LogP contribution in [0.1, 0.15) is 6.92 Å². The molecule has 0 aromatic rings. The summed E-state index contributed by atoms with van der Waals surface area (Å²) in [5.41, 5.74) is 5.51. The summed E-state index contributed by atoms with van der Waals surface area (Å²) < 4.78 is 4.87. The second-order valence-corrected chi connectivity index (χ2v) is 2.88. The lowest BCUT2D eigenvalue weighted by Crippen LogP contribution is -2.59. The van der Waals surface area contributed by atoms with Crippen molar-refractivity contribution in [3.63, 3.8) is 0 Å². The average Bonchev–Trinajstić information content (AvgIpc) is 1.96. The van der Waals surface area contributed by atoms with Crippen LogP contribution in [0.25, 0.3) is 0 Å². The highest BCUT2D eigenvalue weighted by molar-refractivity contribution is 5.81. The van der Waals surface area contributed by atoms with Crippen molar-refractivity contribution in [2.75, 3.05) is 20.2 Å². The second-order valence-electron chi connectivity index (χ2n) is 2.88. The van der Waals surface area contributed by atoms with E-state index >= 15 is 0 Å². The van der Waals surface area contributed by atoms with Crippen molar-refractivity contribution in [3.8, 4) is 0 Å². The molecule has 64 valence electrons. The zero-order chi connectivity index (χ0) is 8.43. The van der Waals surface area contributed by atoms with E-state index in [1.165, 1.54) is 7.11 Å². The molecular weight excluding hydrogens is 144 g/mol. The summed E-state index contributed by atoms with van der Waals surface area (Å²) >= 11 is 0. The van der Waals surface area contributed by atoms with Gasteiger partial charge in [-0.1, -0.05) is 0 Å². The summed E-state index contributed by atoms with van der Waals surface area (Å²) in [7, 11) is 1.53. The molecule has 4 nitrogen and oxygen atoms in total. The number of nitrogens with zero attached hydrogens (tertiary/aromatic N) is 1. The number of carbonyl (C=O) groups is 1. The Morgan fingerprint density at radius 2 is 2.27 bits per heavy atom. The van der Waals surface area contributed by atoms with Gasteiger partial charge in [0.15, 0.2) is 0 Å². The standard InChI is InChI=1S/C7H14N2O2/c1-5(11-2)7(10)9-3-6(8)4-9/h5-6H,3-4,8H2,1-2H3. The van der Waals surface area contributed by atoms with E-state index in [4.69, 9.17) is 10.5 Å². The molecule has 1 rings (SSSR count). The van der Waals surface area contributed by atoms with Gasteiger partial charge >= 0.3 is 0 Å². The molecule has 1 aliphatic heterocycles. The summed E-state index contributed by atoms with van der Waals surface area (Å²) in [6.45, 7) is 3.09. The zero-order valence-corrected chi connectivity index (χ0v) is 6.91. The minimum atomic E-state index is -0.331. The van der Waals surface area contributed by atoms with Gasteiger partial charge in [0, 0.05) is 26.2 Å². The molecule has 1 fully saturated rings. The van der Waals surface area contributed by atoms with E-state index in [1.807, 2.05) is 0 Å². The molecule has 1 unspecified atom stereocenters. The number of hydrogen-bond donors (Lipinski definition) is 1. The number of amides is 1. The van der Waals surface area contributed by atoms with Crippen LogP contribution in [0.15, 0.2) is 0 Å². The molecule has 0 bridgehead atoms. The topological polar surface area (TPSA) is 55.6 Å². The first-order valence-corrected chi connectivity index (χ1v) is 3.72. The molecule has 4 heteroatoms. The van der Waals surface area contributed by atoms with Crippen LogP contribution in [0.2, 0.25) is 0 Å². The quantitative estimate of drug-likeness (QED) is 0.572. The van der Waals surface area contributed by atoms with Crippen LogP contribution in [0, 0.1) is 0 Å². The maximum absolute atomic E-state index is 11.2. The van der Waals surface area contributed by atoms with Gasteiger partial charge in [-0.25, -0.2) is 0 Å². The summed E-state index contributed by atoms with van der Waals surface area (Å²) in [5, 5.41) is 0. The van der Waals surface area contributed by atoms with Gasteiger partial charge in [-0.15, -0.1) is 0 Å². The highest BCUT2D eigenvalue weighted by Crippen LogP contribution is 2.08. The van der Waals surface area contributed by atoms with Crippen molar-refractivity contribution in [2.24, 2.45) is 5.73 Å². The first-order chi connectivity index (χ1) is 5.15. The van der Waals surface area contributed by atoms with Crippen molar-refractivity contribution in [1.82, 2.24) is 4.90 Å². The van der Waals surface area contributed by atoms with Crippen molar-refractivity contribution < 1.29 is 9.53 Å². The Morgan fingerprint density at radius 1 is 1.73 bits per heavy atom. The first-order valence-electron chi connectivity index (χ1n) is 3.72. The van der Waals surface area contributed by atoms with Crippen LogP contribution >= 0.6 is 0 Å². The van der Waals surface area contributed by atoms with E-state index in [1.54, 1.807) is 11.8 Å². The monoisotopic (exact) mass is 158 g/mol. The molecule has 1 saturated heterocycles. The second kappa shape index (κ2) is 3.19. The zero-order valence-electron chi connectivity index (χ0n) is 6.91. The molecule has 2 N–H and O–H groups in total. The fourth-order valence-electron chi connectivity index (χ4n) is 1.05. The van der Waals surface area contributed by atoms with E-state index in [-0.39, 0.29) is 18.1 Å². The highest BCUT2D eigenvalue weighted by atomic mass is 16.5. The summed E-state index contributed by atoms with van der Waals surface area (Å²) in [6.07, 6.45) is -0.331. The lowest BCUT2D eigenvalue weighted by molar-refractivity contribution is -0.145. The van der Waals surface area contributed by atoms with Gasteiger partial charge in [0.2, 0.25) is 0 Å². The van der Waals surface area contributed by atoms with Gasteiger partial charge in [-0.3, -0.25) is 4.79 Å². The molecule has 1 atom stereocenters. The summed E-state index contributed by atoms with van der Waals surface area (Å²) in [5.74, 6) is 0.0363. The summed E-state index contributed by atoms with van der Waals surface area (Å²) in [4.78, 5) is 13.0. The summed E-state index contributed by atoms with van der Waals surface area (Å²) in [6, 6.07) is 0.169. The fourth-order valence-corrected chi connectivity index (χ4v) is 1.05. The van der Waals surface area contributed by atoms with Crippen LogP contribution in [0.4, 0.5) is 0 Å². The molecule has 0 saturated carbocycles. The normalized spacial score (nSPS) is 21.2. The number of likely N-dealkylation sites (tertiary alicyclic amines) is 1. The Balaban J connectivity index is 2.31. The lowest BCUT2D eigenvalue weighted by atomic mass is 10.1. The van der Waals surface area contributed by atoms with Gasteiger partial charge in [0.25, 0.3) is 5.91 Å². The minimum Gasteiger partial charge on any atom is -0.372 e. The molecule has 0 aliphatic carbocycles. The van der Waals surface area contributed by atoms with Crippen molar-refractivity contribution >= 4 is 5.91 Å². The van der Waals surface area contributed by atoms with Crippen molar-refractivity contribution in [2.45, 2.75) is 19.1 Å². The van der Waals surface area contributed by atoms with E-state index in [0.29, 0.717) is 13.1 Å². The maximum atomic E-state index is 11.2. The van der Waals surface area contributed by atoms with E-state index < -0.39 is 0 Å². The van der Waals surface area contributed by atoms with Crippen LogP contribution in [0.5, 0.6) is 0 Å². The van der Waals surface area contributed by atoms with Crippen molar-refractivity contribution in [1.29, 1.82) is 0 Å². The molecule has 1 heterocycles. The smallest absolute Gasteiger partial charge is 0.251 e.